The molecule has 1 amide bonds. The van der Waals surface area contributed by atoms with Gasteiger partial charge in [-0.05, 0) is 47.5 Å². The van der Waals surface area contributed by atoms with Crippen LogP contribution in [-0.2, 0) is 6.54 Å². The van der Waals surface area contributed by atoms with Gasteiger partial charge < -0.3 is 9.32 Å². The Kier molecular flexibility index (Phi) is 5.11. The number of benzene rings is 3. The fourth-order valence-electron chi connectivity index (χ4n) is 3.84. The van der Waals surface area contributed by atoms with E-state index in [0.29, 0.717) is 45.1 Å². The summed E-state index contributed by atoms with van der Waals surface area (Å²) in [6, 6.07) is 19.3. The summed E-state index contributed by atoms with van der Waals surface area (Å²) >= 11 is 6.52. The minimum Gasteiger partial charge on any atom is -0.415 e. The van der Waals surface area contributed by atoms with Crippen LogP contribution in [0.3, 0.4) is 0 Å². The van der Waals surface area contributed by atoms with E-state index in [0.717, 1.165) is 5.56 Å². The normalized spacial score (nSPS) is 12.8. The number of nitrogens with zero attached hydrogens (tertiary/aromatic N) is 4. The van der Waals surface area contributed by atoms with Crippen LogP contribution in [0.1, 0.15) is 33.8 Å². The Labute approximate surface area is 191 Å². The van der Waals surface area contributed by atoms with Gasteiger partial charge in [0.15, 0.2) is 0 Å². The van der Waals surface area contributed by atoms with Gasteiger partial charge in [-0.1, -0.05) is 35.9 Å². The molecule has 0 saturated heterocycles. The largest absolute Gasteiger partial charge is 0.415 e. The van der Waals surface area contributed by atoms with E-state index in [4.69, 9.17) is 16.0 Å². The molecule has 162 valence electrons. The fraction of sp³-hybridized carbons (Fsp3) is 0.0833. The summed E-state index contributed by atoms with van der Waals surface area (Å²) in [6.07, 6.45) is -2.88. The van der Waals surface area contributed by atoms with E-state index in [-0.39, 0.29) is 11.8 Å². The monoisotopic (exact) mass is 462 g/mol. The third kappa shape index (κ3) is 3.62. The summed E-state index contributed by atoms with van der Waals surface area (Å²) in [5, 5.41) is 16.7. The summed E-state index contributed by atoms with van der Waals surface area (Å²) in [5.74, 6) is -1.14. The van der Waals surface area contributed by atoms with Gasteiger partial charge in [-0.15, -0.1) is 10.2 Å². The third-order valence-electron chi connectivity index (χ3n) is 5.35. The molecule has 33 heavy (non-hydrogen) atoms. The number of carbonyl (C=O) groups excluding carboxylic acids is 1. The molecule has 1 aromatic heterocycles. The van der Waals surface area contributed by atoms with E-state index in [1.54, 1.807) is 59.5 Å². The van der Waals surface area contributed by atoms with Gasteiger partial charge in [-0.25, -0.2) is 0 Å². The molecular formula is C24H13ClF2N4O2. The van der Waals surface area contributed by atoms with Gasteiger partial charge in [-0.2, -0.15) is 14.0 Å². The molecule has 5 rings (SSSR count). The number of hydrogen-bond acceptors (Lipinski definition) is 5. The topological polar surface area (TPSA) is 83.0 Å². The van der Waals surface area contributed by atoms with Crippen LogP contribution in [0.25, 0.3) is 22.6 Å². The van der Waals surface area contributed by atoms with Gasteiger partial charge in [0.2, 0.25) is 5.89 Å². The number of rotatable bonds is 4. The predicted molar refractivity (Wildman–Crippen MR) is 117 cm³/mol. The second kappa shape index (κ2) is 8.11. The van der Waals surface area contributed by atoms with Crippen molar-refractivity contribution in [3.8, 4) is 28.7 Å². The van der Waals surface area contributed by atoms with Crippen molar-refractivity contribution >= 4 is 23.2 Å². The SMILES string of the molecule is N#Cc1cccc(-c2c(Cl)cccc2N2Cc3ccc(-c4nnc(C(F)F)o4)cc3C2=O)c1. The van der Waals surface area contributed by atoms with Crippen molar-refractivity contribution in [1.29, 1.82) is 5.26 Å². The quantitative estimate of drug-likeness (QED) is 0.370. The second-order valence-corrected chi connectivity index (χ2v) is 7.74. The molecule has 0 atom stereocenters. The zero-order valence-electron chi connectivity index (χ0n) is 16.8. The average molecular weight is 463 g/mol. The van der Waals surface area contributed by atoms with Crippen LogP contribution in [0.15, 0.2) is 65.1 Å². The number of alkyl halides is 2. The molecule has 6 nitrogen and oxygen atoms in total. The number of aromatic nitrogens is 2. The molecule has 0 fully saturated rings. The van der Waals surface area contributed by atoms with E-state index in [9.17, 15) is 18.8 Å². The molecular weight excluding hydrogens is 450 g/mol. The van der Waals surface area contributed by atoms with Crippen LogP contribution in [0.5, 0.6) is 0 Å². The minimum atomic E-state index is -2.88. The number of nitriles is 1. The van der Waals surface area contributed by atoms with Gasteiger partial charge in [0, 0.05) is 16.7 Å². The van der Waals surface area contributed by atoms with Crippen molar-refractivity contribution in [1.82, 2.24) is 10.2 Å². The van der Waals surface area contributed by atoms with Crippen LogP contribution >= 0.6 is 11.6 Å². The first kappa shape index (κ1) is 20.8. The summed E-state index contributed by atoms with van der Waals surface area (Å²) in [7, 11) is 0. The Bertz CT molecular complexity index is 1440. The highest BCUT2D eigenvalue weighted by molar-refractivity contribution is 6.34. The third-order valence-corrected chi connectivity index (χ3v) is 5.67. The van der Waals surface area contributed by atoms with Gasteiger partial charge in [0.25, 0.3) is 11.8 Å². The summed E-state index contributed by atoms with van der Waals surface area (Å²) < 4.78 is 30.6. The number of carbonyl (C=O) groups is 1. The minimum absolute atomic E-state index is 0.0869. The maximum absolute atomic E-state index is 13.4. The van der Waals surface area contributed by atoms with E-state index >= 15 is 0 Å². The standard InChI is InChI=1S/C24H13ClF2N4O2/c25-18-5-2-6-19(20(18)14-4-1-3-13(9-14)11-28)31-12-16-8-7-15(10-17(16)24(31)32)22-29-30-23(33-22)21(26)27/h1-10,21H,12H2. The highest BCUT2D eigenvalue weighted by atomic mass is 35.5. The van der Waals surface area contributed by atoms with Crippen LogP contribution in [0.2, 0.25) is 5.02 Å². The fourth-order valence-corrected chi connectivity index (χ4v) is 4.11. The lowest BCUT2D eigenvalue weighted by Gasteiger charge is -2.21. The Morgan fingerprint density at radius 2 is 1.88 bits per heavy atom. The highest BCUT2D eigenvalue weighted by Gasteiger charge is 2.31. The second-order valence-electron chi connectivity index (χ2n) is 7.34. The zero-order chi connectivity index (χ0) is 23.1. The van der Waals surface area contributed by atoms with Crippen LogP contribution in [0, 0.1) is 11.3 Å². The number of hydrogen-bond donors (Lipinski definition) is 0. The predicted octanol–water partition coefficient (Wildman–Crippen LogP) is 6.03. The van der Waals surface area contributed by atoms with Gasteiger partial charge in [-0.3, -0.25) is 4.79 Å². The lowest BCUT2D eigenvalue weighted by Crippen LogP contribution is -2.23. The molecule has 0 unspecified atom stereocenters. The molecule has 9 heteroatoms. The Balaban J connectivity index is 1.54. The van der Waals surface area contributed by atoms with Crippen molar-refractivity contribution in [2.24, 2.45) is 0 Å². The van der Waals surface area contributed by atoms with E-state index in [1.807, 2.05) is 6.07 Å². The van der Waals surface area contributed by atoms with Crippen LogP contribution in [0.4, 0.5) is 14.5 Å². The van der Waals surface area contributed by atoms with Gasteiger partial charge in [0.1, 0.15) is 0 Å². The van der Waals surface area contributed by atoms with Crippen molar-refractivity contribution in [3.63, 3.8) is 0 Å². The molecule has 1 aliphatic rings. The number of halogens is 3. The molecule has 4 aromatic rings. The molecule has 1 aliphatic heterocycles. The lowest BCUT2D eigenvalue weighted by atomic mass is 10.0. The summed E-state index contributed by atoms with van der Waals surface area (Å²) in [6.45, 7) is 0.297. The van der Waals surface area contributed by atoms with Crippen molar-refractivity contribution in [3.05, 3.63) is 88.3 Å². The number of fused-ring (bicyclic) bond motifs is 1. The van der Waals surface area contributed by atoms with E-state index in [2.05, 4.69) is 16.3 Å². The highest BCUT2D eigenvalue weighted by Crippen LogP contribution is 2.41. The van der Waals surface area contributed by atoms with E-state index < -0.39 is 12.3 Å². The molecule has 0 radical (unpaired) electrons. The maximum Gasteiger partial charge on any atom is 0.314 e. The smallest absolute Gasteiger partial charge is 0.314 e. The average Bonchev–Trinajstić information content (AvgIpc) is 3.44. The molecule has 0 bridgehead atoms. The molecule has 2 heterocycles. The van der Waals surface area contributed by atoms with Gasteiger partial charge >= 0.3 is 6.43 Å². The Morgan fingerprint density at radius 1 is 1.06 bits per heavy atom. The molecule has 0 saturated carbocycles. The van der Waals surface area contributed by atoms with Crippen LogP contribution < -0.4 is 4.90 Å². The lowest BCUT2D eigenvalue weighted by molar-refractivity contribution is 0.0996. The molecule has 0 aliphatic carbocycles. The Hall–Kier alpha value is -4.09. The van der Waals surface area contributed by atoms with Crippen molar-refractivity contribution in [2.45, 2.75) is 13.0 Å². The summed E-state index contributed by atoms with van der Waals surface area (Å²) in [4.78, 5) is 14.9. The molecule has 0 N–H and O–H groups in total. The number of anilines is 1. The first-order valence-electron chi connectivity index (χ1n) is 9.82. The summed E-state index contributed by atoms with van der Waals surface area (Å²) in [5.41, 5.74) is 3.95. The first-order valence-corrected chi connectivity index (χ1v) is 10.2. The maximum atomic E-state index is 13.4. The van der Waals surface area contributed by atoms with Crippen molar-refractivity contribution < 1.29 is 18.0 Å². The Morgan fingerprint density at radius 3 is 2.64 bits per heavy atom. The van der Waals surface area contributed by atoms with Crippen molar-refractivity contribution in [2.75, 3.05) is 4.90 Å². The van der Waals surface area contributed by atoms with Gasteiger partial charge in [0.05, 0.1) is 28.9 Å². The van der Waals surface area contributed by atoms with E-state index in [1.165, 1.54) is 0 Å². The van der Waals surface area contributed by atoms with Crippen LogP contribution in [-0.4, -0.2) is 16.1 Å². The molecule has 3 aromatic carbocycles. The number of amides is 1. The zero-order valence-corrected chi connectivity index (χ0v) is 17.6. The molecule has 0 spiro atoms. The first-order chi connectivity index (χ1) is 16.0.